The van der Waals surface area contributed by atoms with E-state index in [-0.39, 0.29) is 0 Å². The molecular weight excluding hydrogens is 408 g/mol. The van der Waals surface area contributed by atoms with E-state index < -0.39 is 0 Å². The fourth-order valence-corrected chi connectivity index (χ4v) is 4.26. The molecule has 2 N–H and O–H groups in total. The number of nitrogens with zero attached hydrogens (tertiary/aromatic N) is 4. The summed E-state index contributed by atoms with van der Waals surface area (Å²) < 4.78 is 1.88. The fraction of sp³-hybridized carbons (Fsp3) is 0.407. The summed E-state index contributed by atoms with van der Waals surface area (Å²) in [7, 11) is 0. The molecule has 3 aromatic rings. The molecule has 33 heavy (non-hydrogen) atoms. The first-order chi connectivity index (χ1) is 16.2. The Bertz CT molecular complexity index is 1090. The Morgan fingerprint density at radius 3 is 2.64 bits per heavy atom. The minimum Gasteiger partial charge on any atom is -0.384 e. The quantitative estimate of drug-likeness (QED) is 0.420. The molecule has 1 saturated heterocycles. The van der Waals surface area contributed by atoms with Gasteiger partial charge in [-0.3, -0.25) is 0 Å². The lowest BCUT2D eigenvalue weighted by molar-refractivity contribution is 0.232. The van der Waals surface area contributed by atoms with Gasteiger partial charge in [0.05, 0.1) is 6.20 Å². The van der Waals surface area contributed by atoms with Crippen LogP contribution in [0.3, 0.4) is 0 Å². The van der Waals surface area contributed by atoms with E-state index in [4.69, 9.17) is 0 Å². The van der Waals surface area contributed by atoms with Gasteiger partial charge in [-0.05, 0) is 63.4 Å². The maximum absolute atomic E-state index is 4.60. The molecule has 1 aliphatic heterocycles. The summed E-state index contributed by atoms with van der Waals surface area (Å²) in [5.74, 6) is 0.957. The Morgan fingerprint density at radius 2 is 1.88 bits per heavy atom. The van der Waals surface area contributed by atoms with Gasteiger partial charge >= 0.3 is 0 Å². The van der Waals surface area contributed by atoms with Gasteiger partial charge in [0.25, 0.3) is 0 Å². The summed E-state index contributed by atoms with van der Waals surface area (Å²) in [6.45, 7) is 13.8. The van der Waals surface area contributed by atoms with Gasteiger partial charge in [-0.1, -0.05) is 48.9 Å². The highest BCUT2D eigenvalue weighted by Gasteiger charge is 2.12. The molecule has 6 nitrogen and oxygen atoms in total. The van der Waals surface area contributed by atoms with Gasteiger partial charge in [-0.2, -0.15) is 9.61 Å². The van der Waals surface area contributed by atoms with Crippen LogP contribution in [-0.2, 0) is 0 Å². The summed E-state index contributed by atoms with van der Waals surface area (Å²) in [6.07, 6.45) is 10.9. The number of piperidine rings is 1. The number of benzene rings is 1. The van der Waals surface area contributed by atoms with E-state index in [1.165, 1.54) is 37.9 Å². The van der Waals surface area contributed by atoms with Gasteiger partial charge in [-0.15, -0.1) is 0 Å². The van der Waals surface area contributed by atoms with Gasteiger partial charge in [0.15, 0.2) is 5.65 Å². The first kappa shape index (κ1) is 23.1. The zero-order valence-electron chi connectivity index (χ0n) is 20.0. The largest absolute Gasteiger partial charge is 0.384 e. The van der Waals surface area contributed by atoms with Crippen molar-refractivity contribution in [3.63, 3.8) is 0 Å². The van der Waals surface area contributed by atoms with E-state index in [2.05, 4.69) is 76.4 Å². The average molecular weight is 445 g/mol. The van der Waals surface area contributed by atoms with Crippen LogP contribution in [0.1, 0.15) is 45.1 Å². The molecule has 1 aromatic carbocycles. The normalized spacial score (nSPS) is 15.0. The highest BCUT2D eigenvalue weighted by molar-refractivity contribution is 5.79. The summed E-state index contributed by atoms with van der Waals surface area (Å²) >= 11 is 0. The van der Waals surface area contributed by atoms with Crippen LogP contribution in [0.25, 0.3) is 22.5 Å². The molecule has 6 heteroatoms. The molecule has 0 spiro atoms. The number of likely N-dealkylation sites (tertiary alicyclic amines) is 1. The van der Waals surface area contributed by atoms with Crippen molar-refractivity contribution in [2.24, 2.45) is 0 Å². The van der Waals surface area contributed by atoms with Gasteiger partial charge in [-0.25, -0.2) is 4.98 Å². The van der Waals surface area contributed by atoms with E-state index in [0.29, 0.717) is 0 Å². The van der Waals surface area contributed by atoms with Crippen molar-refractivity contribution in [2.75, 3.05) is 38.0 Å². The topological polar surface area (TPSA) is 57.5 Å². The Labute approximate surface area is 197 Å². The van der Waals surface area contributed by atoms with Crippen LogP contribution in [-0.4, -0.2) is 52.2 Å². The summed E-state index contributed by atoms with van der Waals surface area (Å²) in [4.78, 5) is 7.13. The molecule has 0 unspecified atom stereocenters. The number of fused-ring (bicyclic) bond motifs is 1. The lowest BCUT2D eigenvalue weighted by Gasteiger charge is -2.26. The zero-order chi connectivity index (χ0) is 23.0. The van der Waals surface area contributed by atoms with E-state index in [1.807, 2.05) is 23.0 Å². The zero-order valence-corrected chi connectivity index (χ0v) is 20.0. The van der Waals surface area contributed by atoms with E-state index in [9.17, 15) is 0 Å². The third kappa shape index (κ3) is 5.82. The maximum atomic E-state index is 4.60. The molecule has 1 aliphatic rings. The van der Waals surface area contributed by atoms with E-state index in [0.717, 1.165) is 59.9 Å². The third-order valence-corrected chi connectivity index (χ3v) is 6.48. The lowest BCUT2D eigenvalue weighted by atomic mass is 10.1. The maximum Gasteiger partial charge on any atom is 0.165 e. The smallest absolute Gasteiger partial charge is 0.165 e. The second-order valence-electron chi connectivity index (χ2n) is 8.82. The van der Waals surface area contributed by atoms with Gasteiger partial charge < -0.3 is 15.5 Å². The molecule has 0 atom stereocenters. The summed E-state index contributed by atoms with van der Waals surface area (Å²) in [6, 6.07) is 10.5. The van der Waals surface area contributed by atoms with E-state index >= 15 is 0 Å². The molecule has 0 radical (unpaired) electrons. The molecule has 174 valence electrons. The Hall–Kier alpha value is -3.12. The predicted molar refractivity (Wildman–Crippen MR) is 138 cm³/mol. The van der Waals surface area contributed by atoms with Crippen LogP contribution in [0.15, 0.2) is 61.0 Å². The number of rotatable bonds is 10. The highest BCUT2D eigenvalue weighted by atomic mass is 15.3. The van der Waals surface area contributed by atoms with Gasteiger partial charge in [0.2, 0.25) is 0 Å². The lowest BCUT2D eigenvalue weighted by Crippen LogP contribution is -2.35. The Kier molecular flexibility index (Phi) is 7.79. The fourth-order valence-electron chi connectivity index (χ4n) is 4.26. The first-order valence-electron chi connectivity index (χ1n) is 12.1. The predicted octanol–water partition coefficient (Wildman–Crippen LogP) is 5.21. The van der Waals surface area contributed by atoms with Crippen LogP contribution in [0.5, 0.6) is 0 Å². The van der Waals surface area contributed by atoms with Crippen molar-refractivity contribution in [3.8, 4) is 11.1 Å². The van der Waals surface area contributed by atoms with Crippen LogP contribution in [0, 0.1) is 0 Å². The highest BCUT2D eigenvalue weighted by Crippen LogP contribution is 2.26. The van der Waals surface area contributed by atoms with Crippen molar-refractivity contribution in [1.82, 2.24) is 24.8 Å². The number of hydrogen-bond acceptors (Lipinski definition) is 5. The number of allylic oxidation sites excluding steroid dienone is 1. The molecule has 0 bridgehead atoms. The minimum absolute atomic E-state index is 0.856. The second-order valence-corrected chi connectivity index (χ2v) is 8.82. The van der Waals surface area contributed by atoms with Gasteiger partial charge in [0, 0.05) is 37.1 Å². The SMILES string of the molecule is C=C(NCCN1CCCCC1)c1ccc(-c2cnn3c(NCC/C(C)=C/C)ccnc23)cc1. The molecule has 0 amide bonds. The van der Waals surface area contributed by atoms with Crippen molar-refractivity contribution in [3.05, 3.63) is 66.5 Å². The molecule has 3 heterocycles. The first-order valence-corrected chi connectivity index (χ1v) is 12.1. The monoisotopic (exact) mass is 444 g/mol. The second kappa shape index (κ2) is 11.1. The van der Waals surface area contributed by atoms with Crippen molar-refractivity contribution >= 4 is 17.2 Å². The number of anilines is 1. The van der Waals surface area contributed by atoms with Crippen molar-refractivity contribution in [1.29, 1.82) is 0 Å². The molecule has 0 aliphatic carbocycles. The summed E-state index contributed by atoms with van der Waals surface area (Å²) in [5.41, 5.74) is 6.44. The number of aromatic nitrogens is 3. The van der Waals surface area contributed by atoms with E-state index in [1.54, 1.807) is 0 Å². The number of nitrogens with one attached hydrogen (secondary N) is 2. The molecule has 0 saturated carbocycles. The molecule has 2 aromatic heterocycles. The standard InChI is InChI=1S/C27H36N6/c1-4-21(2)12-14-29-26-13-15-30-27-25(20-31-33(26)27)24-10-8-23(9-11-24)22(3)28-16-19-32-17-6-5-7-18-32/h4,8-11,13,15,20,28-29H,3,5-7,12,14,16-19H2,1-2H3/b21-4+. The average Bonchev–Trinajstić information content (AvgIpc) is 3.29. The third-order valence-electron chi connectivity index (χ3n) is 6.48. The van der Waals surface area contributed by atoms with Crippen LogP contribution in [0.2, 0.25) is 0 Å². The molecular formula is C27H36N6. The Morgan fingerprint density at radius 1 is 1.09 bits per heavy atom. The summed E-state index contributed by atoms with van der Waals surface area (Å²) in [5, 5.41) is 11.6. The number of hydrogen-bond donors (Lipinski definition) is 2. The van der Waals surface area contributed by atoms with Crippen molar-refractivity contribution < 1.29 is 0 Å². The molecule has 4 rings (SSSR count). The Balaban J connectivity index is 1.39. The van der Waals surface area contributed by atoms with Crippen LogP contribution in [0.4, 0.5) is 5.82 Å². The molecule has 1 fully saturated rings. The minimum atomic E-state index is 0.856. The van der Waals surface area contributed by atoms with Gasteiger partial charge in [0.1, 0.15) is 5.82 Å². The van der Waals surface area contributed by atoms with Crippen LogP contribution >= 0.6 is 0 Å². The van der Waals surface area contributed by atoms with Crippen molar-refractivity contribution in [2.45, 2.75) is 39.5 Å². The van der Waals surface area contributed by atoms with Crippen LogP contribution < -0.4 is 10.6 Å².